The van der Waals surface area contributed by atoms with Crippen LogP contribution in [0.2, 0.25) is 10.2 Å². The van der Waals surface area contributed by atoms with Crippen LogP contribution in [0.15, 0.2) is 17.2 Å². The van der Waals surface area contributed by atoms with Crippen molar-refractivity contribution in [2.75, 3.05) is 0 Å². The summed E-state index contributed by atoms with van der Waals surface area (Å²) in [6, 6.07) is 1.42. The molecule has 2 nitrogen and oxygen atoms in total. The molecule has 0 bridgehead atoms. The van der Waals surface area contributed by atoms with Gasteiger partial charge in [-0.25, -0.2) is 9.19 Å². The van der Waals surface area contributed by atoms with Gasteiger partial charge >= 0.3 is 0 Å². The largest absolute Gasteiger partial charge is 0.242 e. The molecule has 0 fully saturated rings. The van der Waals surface area contributed by atoms with E-state index in [-0.39, 0.29) is 10.2 Å². The lowest BCUT2D eigenvalue weighted by molar-refractivity contribution is 0.691. The maximum atomic E-state index is 10.6. The van der Waals surface area contributed by atoms with Crippen LogP contribution in [0.25, 0.3) is 0 Å². The average molecular weight is 231 g/mol. The second-order valence-electron chi connectivity index (χ2n) is 1.67. The highest BCUT2D eigenvalue weighted by Crippen LogP contribution is 2.21. The van der Waals surface area contributed by atoms with E-state index in [1.54, 1.807) is 0 Å². The molecule has 1 aromatic rings. The molecule has 0 aliphatic rings. The number of aromatic nitrogens is 1. The van der Waals surface area contributed by atoms with Crippen molar-refractivity contribution in [3.63, 3.8) is 0 Å². The summed E-state index contributed by atoms with van der Waals surface area (Å²) in [5.74, 6) is 0. The third kappa shape index (κ3) is 2.30. The van der Waals surface area contributed by atoms with Gasteiger partial charge in [0, 0.05) is 6.20 Å². The molecule has 0 spiro atoms. The Morgan fingerprint density at radius 3 is 2.55 bits per heavy atom. The molecular weight excluding hydrogens is 228 g/mol. The first-order valence-corrected chi connectivity index (χ1v) is 5.23. The summed E-state index contributed by atoms with van der Waals surface area (Å²) >= 11 is 11.1. The van der Waals surface area contributed by atoms with Gasteiger partial charge in [0.1, 0.15) is 15.2 Å². The molecule has 0 aromatic carbocycles. The summed E-state index contributed by atoms with van der Waals surface area (Å²) in [7, 11) is 3.68. The normalized spacial score (nSPS) is 13.0. The molecule has 11 heavy (non-hydrogen) atoms. The number of rotatable bonds is 1. The van der Waals surface area contributed by atoms with E-state index in [1.807, 2.05) is 0 Å². The Hall–Kier alpha value is 0.170. The van der Waals surface area contributed by atoms with E-state index < -0.39 is 10.0 Å². The quantitative estimate of drug-likeness (QED) is 0.548. The van der Waals surface area contributed by atoms with Crippen LogP contribution in [0, 0.1) is 0 Å². The average Bonchev–Trinajstić information content (AvgIpc) is 1.94. The smallest absolute Gasteiger partial charge is 0.149 e. The Balaban J connectivity index is 3.15. The Kier molecular flexibility index (Phi) is 3.13. The second kappa shape index (κ2) is 3.72. The first-order chi connectivity index (χ1) is 5.11. The minimum absolute atomic E-state index is 0.178. The van der Waals surface area contributed by atoms with Crippen LogP contribution in [-0.2, 0) is 10.0 Å². The topological polar surface area (TPSA) is 30.0 Å². The first-order valence-electron chi connectivity index (χ1n) is 2.50. The van der Waals surface area contributed by atoms with Gasteiger partial charge in [-0.15, -0.1) is 0 Å². The van der Waals surface area contributed by atoms with Gasteiger partial charge in [0.05, 0.1) is 9.92 Å². The van der Waals surface area contributed by atoms with E-state index in [0.717, 1.165) is 0 Å². The molecule has 0 N–H and O–H groups in total. The minimum atomic E-state index is -1.58. The van der Waals surface area contributed by atoms with Crippen molar-refractivity contribution in [2.45, 2.75) is 4.90 Å². The first kappa shape index (κ1) is 9.26. The highest BCUT2D eigenvalue weighted by atomic mass is 35.7. The van der Waals surface area contributed by atoms with Crippen LogP contribution in [0.1, 0.15) is 0 Å². The molecule has 0 saturated carbocycles. The lowest BCUT2D eigenvalue weighted by atomic mass is 10.5. The van der Waals surface area contributed by atoms with E-state index in [2.05, 4.69) is 4.98 Å². The number of pyridine rings is 1. The number of halogens is 3. The third-order valence-corrected chi connectivity index (χ3v) is 2.77. The fourth-order valence-corrected chi connectivity index (χ4v) is 1.43. The molecule has 1 atom stereocenters. The minimum Gasteiger partial charge on any atom is -0.242 e. The summed E-state index contributed by atoms with van der Waals surface area (Å²) < 4.78 is 10.6. The summed E-state index contributed by atoms with van der Waals surface area (Å²) in [4.78, 5) is 4.00. The molecule has 0 aliphatic heterocycles. The van der Waals surface area contributed by atoms with Crippen LogP contribution in [0.4, 0.5) is 0 Å². The van der Waals surface area contributed by atoms with Crippen LogP contribution in [0.3, 0.4) is 0 Å². The molecule has 1 rings (SSSR count). The van der Waals surface area contributed by atoms with E-state index in [0.29, 0.717) is 4.90 Å². The van der Waals surface area contributed by atoms with Crippen molar-refractivity contribution in [2.24, 2.45) is 0 Å². The van der Waals surface area contributed by atoms with Gasteiger partial charge < -0.3 is 0 Å². The van der Waals surface area contributed by atoms with Gasteiger partial charge in [-0.2, -0.15) is 0 Å². The van der Waals surface area contributed by atoms with E-state index in [9.17, 15) is 4.21 Å². The van der Waals surface area contributed by atoms with E-state index in [4.69, 9.17) is 33.9 Å². The lowest BCUT2D eigenvalue weighted by Gasteiger charge is -1.95. The number of nitrogens with zero attached hydrogens (tertiary/aromatic N) is 1. The maximum Gasteiger partial charge on any atom is 0.149 e. The van der Waals surface area contributed by atoms with Gasteiger partial charge in [0.2, 0.25) is 0 Å². The second-order valence-corrected chi connectivity index (χ2v) is 4.19. The Morgan fingerprint density at radius 2 is 2.09 bits per heavy atom. The summed E-state index contributed by atoms with van der Waals surface area (Å²) in [6.07, 6.45) is 1.32. The lowest BCUT2D eigenvalue weighted by Crippen LogP contribution is -1.84. The van der Waals surface area contributed by atoms with Crippen molar-refractivity contribution in [1.29, 1.82) is 0 Å². The van der Waals surface area contributed by atoms with Gasteiger partial charge in [0.15, 0.2) is 0 Å². The van der Waals surface area contributed by atoms with Crippen molar-refractivity contribution in [3.8, 4) is 0 Å². The molecule has 0 amide bonds. The molecule has 0 saturated heterocycles. The van der Waals surface area contributed by atoms with Gasteiger partial charge in [0.25, 0.3) is 0 Å². The van der Waals surface area contributed by atoms with Crippen molar-refractivity contribution < 1.29 is 4.21 Å². The fraction of sp³-hybridized carbons (Fsp3) is 0. The summed E-state index contributed by atoms with van der Waals surface area (Å²) in [6.45, 7) is 0. The zero-order valence-electron chi connectivity index (χ0n) is 5.05. The van der Waals surface area contributed by atoms with Gasteiger partial charge in [-0.05, 0) is 16.7 Å². The van der Waals surface area contributed by atoms with Crippen LogP contribution in [0.5, 0.6) is 0 Å². The van der Waals surface area contributed by atoms with Crippen LogP contribution in [-0.4, -0.2) is 9.19 Å². The zero-order chi connectivity index (χ0) is 8.43. The number of hydrogen-bond donors (Lipinski definition) is 0. The highest BCUT2D eigenvalue weighted by Gasteiger charge is 2.04. The summed E-state index contributed by atoms with van der Waals surface area (Å²) in [5.41, 5.74) is 0. The zero-order valence-corrected chi connectivity index (χ0v) is 8.14. The fourth-order valence-electron chi connectivity index (χ4n) is 0.491. The molecule has 1 unspecified atom stereocenters. The van der Waals surface area contributed by atoms with Gasteiger partial charge in [-0.3, -0.25) is 0 Å². The predicted molar refractivity (Wildman–Crippen MR) is 46.5 cm³/mol. The van der Waals surface area contributed by atoms with Crippen LogP contribution < -0.4 is 0 Å². The molecular formula is C5H2Cl3NOS. The highest BCUT2D eigenvalue weighted by molar-refractivity contribution is 8.08. The van der Waals surface area contributed by atoms with Crippen molar-refractivity contribution in [3.05, 3.63) is 22.4 Å². The molecule has 0 radical (unpaired) electrons. The van der Waals surface area contributed by atoms with E-state index in [1.165, 1.54) is 12.3 Å². The molecule has 6 heteroatoms. The molecule has 60 valence electrons. The van der Waals surface area contributed by atoms with Crippen molar-refractivity contribution >= 4 is 43.9 Å². The predicted octanol–water partition coefficient (Wildman–Crippen LogP) is 2.65. The molecule has 1 aromatic heterocycles. The standard InChI is InChI=1S/C5H2Cl3NOS/c6-4-1-3(11(8)10)2-9-5(4)7/h1-2H. The molecule has 0 aliphatic carbocycles. The summed E-state index contributed by atoms with van der Waals surface area (Å²) in [5, 5.41) is 0.427. The Bertz CT molecular complexity index is 304. The maximum absolute atomic E-state index is 10.6. The van der Waals surface area contributed by atoms with E-state index >= 15 is 0 Å². The van der Waals surface area contributed by atoms with Crippen molar-refractivity contribution in [1.82, 2.24) is 4.98 Å². The monoisotopic (exact) mass is 229 g/mol. The Morgan fingerprint density at radius 1 is 1.45 bits per heavy atom. The van der Waals surface area contributed by atoms with Gasteiger partial charge in [-0.1, -0.05) is 23.2 Å². The number of hydrogen-bond acceptors (Lipinski definition) is 2. The Labute approximate surface area is 80.4 Å². The van der Waals surface area contributed by atoms with Crippen LogP contribution >= 0.6 is 33.9 Å². The molecule has 1 heterocycles. The SMILES string of the molecule is O=S(Cl)c1cnc(Cl)c(Cl)c1. The third-order valence-electron chi connectivity index (χ3n) is 0.957.